The molecule has 2 amide bonds. The Morgan fingerprint density at radius 2 is 1.65 bits per heavy atom. The van der Waals surface area contributed by atoms with E-state index < -0.39 is 0 Å². The molecular weight excluding hydrogens is 428 g/mol. The molecule has 0 aliphatic rings. The molecule has 0 radical (unpaired) electrons. The van der Waals surface area contributed by atoms with Crippen molar-refractivity contribution < 1.29 is 18.7 Å². The molecule has 0 saturated carbocycles. The van der Waals surface area contributed by atoms with Crippen LogP contribution in [-0.4, -0.2) is 18.9 Å². The Morgan fingerprint density at radius 1 is 0.941 bits per heavy atom. The highest BCUT2D eigenvalue weighted by atomic mass is 16.5. The number of aryl methyl sites for hydroxylation is 1. The molecule has 0 fully saturated rings. The van der Waals surface area contributed by atoms with Gasteiger partial charge < -0.3 is 19.8 Å². The molecule has 0 bridgehead atoms. The predicted molar refractivity (Wildman–Crippen MR) is 136 cm³/mol. The normalized spacial score (nSPS) is 11.4. The van der Waals surface area contributed by atoms with E-state index in [-0.39, 0.29) is 11.8 Å². The van der Waals surface area contributed by atoms with Crippen molar-refractivity contribution in [1.82, 2.24) is 0 Å². The van der Waals surface area contributed by atoms with Crippen LogP contribution in [0.2, 0.25) is 0 Å². The molecule has 172 valence electrons. The van der Waals surface area contributed by atoms with Gasteiger partial charge in [-0.1, -0.05) is 36.4 Å². The van der Waals surface area contributed by atoms with Crippen LogP contribution in [0.3, 0.4) is 0 Å². The lowest BCUT2D eigenvalue weighted by Gasteiger charge is -2.13. The van der Waals surface area contributed by atoms with Crippen molar-refractivity contribution in [3.05, 3.63) is 84.1 Å². The first-order valence-electron chi connectivity index (χ1n) is 10.9. The highest BCUT2D eigenvalue weighted by molar-refractivity contribution is 6.06. The van der Waals surface area contributed by atoms with E-state index in [9.17, 15) is 9.59 Å². The average molecular weight is 455 g/mol. The van der Waals surface area contributed by atoms with Gasteiger partial charge in [-0.3, -0.25) is 9.59 Å². The first-order chi connectivity index (χ1) is 16.4. The van der Waals surface area contributed by atoms with Crippen molar-refractivity contribution >= 4 is 39.7 Å². The largest absolute Gasteiger partial charge is 0.496 e. The van der Waals surface area contributed by atoms with E-state index in [1.54, 1.807) is 37.6 Å². The first kappa shape index (κ1) is 22.9. The average Bonchev–Trinajstić information content (AvgIpc) is 3.23. The number of carbonyl (C=O) groups excluding carboxylic acids is 2. The molecule has 1 aromatic heterocycles. The summed E-state index contributed by atoms with van der Waals surface area (Å²) in [5, 5.41) is 6.51. The van der Waals surface area contributed by atoms with E-state index in [0.29, 0.717) is 17.1 Å². The molecule has 0 spiro atoms. The van der Waals surface area contributed by atoms with Crippen LogP contribution in [0.1, 0.15) is 25.0 Å². The van der Waals surface area contributed by atoms with Crippen LogP contribution in [-0.2, 0) is 9.59 Å². The third-order valence-corrected chi connectivity index (χ3v) is 5.56. The zero-order chi connectivity index (χ0) is 24.2. The fraction of sp³-hybridized carbons (Fsp3) is 0.143. The van der Waals surface area contributed by atoms with Crippen LogP contribution in [0.15, 0.2) is 77.4 Å². The van der Waals surface area contributed by atoms with Gasteiger partial charge in [0.2, 0.25) is 11.8 Å². The monoisotopic (exact) mass is 454 g/mol. The fourth-order valence-corrected chi connectivity index (χ4v) is 4.04. The number of furan rings is 1. The number of carbonyl (C=O) groups is 2. The molecule has 3 aromatic carbocycles. The third-order valence-electron chi connectivity index (χ3n) is 5.56. The Kier molecular flexibility index (Phi) is 6.50. The summed E-state index contributed by atoms with van der Waals surface area (Å²) in [4.78, 5) is 24.1. The highest BCUT2D eigenvalue weighted by Gasteiger charge is 2.18. The maximum atomic E-state index is 12.8. The van der Waals surface area contributed by atoms with Crippen LogP contribution in [0.25, 0.3) is 27.7 Å². The summed E-state index contributed by atoms with van der Waals surface area (Å²) < 4.78 is 11.6. The number of ether oxygens (including phenoxy) is 1. The lowest BCUT2D eigenvalue weighted by atomic mass is 9.96. The van der Waals surface area contributed by atoms with Crippen LogP contribution in [0.5, 0.6) is 5.75 Å². The predicted octanol–water partition coefficient (Wildman–Crippen LogP) is 6.42. The Morgan fingerprint density at radius 3 is 2.32 bits per heavy atom. The lowest BCUT2D eigenvalue weighted by molar-refractivity contribution is -0.114. The van der Waals surface area contributed by atoms with E-state index in [0.717, 1.165) is 38.8 Å². The molecule has 4 aromatic rings. The molecule has 1 heterocycles. The van der Waals surface area contributed by atoms with Gasteiger partial charge in [-0.2, -0.15) is 0 Å². The van der Waals surface area contributed by atoms with Gasteiger partial charge in [-0.25, -0.2) is 0 Å². The van der Waals surface area contributed by atoms with E-state index in [1.807, 2.05) is 50.2 Å². The van der Waals surface area contributed by atoms with E-state index in [1.165, 1.54) is 13.0 Å². The second-order valence-electron chi connectivity index (χ2n) is 8.05. The number of hydrogen-bond acceptors (Lipinski definition) is 4. The fourth-order valence-electron chi connectivity index (χ4n) is 4.04. The minimum Gasteiger partial charge on any atom is -0.496 e. The molecule has 0 atom stereocenters. The lowest BCUT2D eigenvalue weighted by Crippen LogP contribution is -2.10. The van der Waals surface area contributed by atoms with Gasteiger partial charge in [-0.05, 0) is 49.2 Å². The Hall–Kier alpha value is -4.32. The van der Waals surface area contributed by atoms with Gasteiger partial charge in [-0.15, -0.1) is 0 Å². The summed E-state index contributed by atoms with van der Waals surface area (Å²) >= 11 is 0. The van der Waals surface area contributed by atoms with Crippen molar-refractivity contribution in [2.75, 3.05) is 17.7 Å². The molecular formula is C28H26N2O4. The van der Waals surface area contributed by atoms with Gasteiger partial charge in [0, 0.05) is 46.5 Å². The van der Waals surface area contributed by atoms with Crippen LogP contribution < -0.4 is 15.4 Å². The quantitative estimate of drug-likeness (QED) is 0.330. The second kappa shape index (κ2) is 9.67. The van der Waals surface area contributed by atoms with Gasteiger partial charge in [0.1, 0.15) is 11.3 Å². The zero-order valence-corrected chi connectivity index (χ0v) is 19.6. The van der Waals surface area contributed by atoms with E-state index >= 15 is 0 Å². The molecule has 4 rings (SSSR count). The van der Waals surface area contributed by atoms with Crippen molar-refractivity contribution in [2.24, 2.45) is 0 Å². The maximum Gasteiger partial charge on any atom is 0.248 e. The van der Waals surface area contributed by atoms with Crippen LogP contribution >= 0.6 is 0 Å². The smallest absolute Gasteiger partial charge is 0.248 e. The summed E-state index contributed by atoms with van der Waals surface area (Å²) in [6, 6.07) is 19.0. The van der Waals surface area contributed by atoms with Crippen LogP contribution in [0.4, 0.5) is 11.4 Å². The van der Waals surface area contributed by atoms with Gasteiger partial charge >= 0.3 is 0 Å². The molecule has 2 N–H and O–H groups in total. The molecule has 6 heteroatoms. The van der Waals surface area contributed by atoms with Crippen molar-refractivity contribution in [2.45, 2.75) is 20.8 Å². The minimum atomic E-state index is -0.284. The second-order valence-corrected chi connectivity index (χ2v) is 8.05. The number of rotatable bonds is 6. The number of anilines is 2. The Labute approximate surface area is 198 Å². The van der Waals surface area contributed by atoms with E-state index in [2.05, 4.69) is 10.6 Å². The molecule has 0 saturated heterocycles. The SMILES string of the molecule is COc1c(/C(C)=C/C(=O)Nc2cccc(NC(C)=O)c2)cc2c(-c3ccccc3)coc2c1C. The third kappa shape index (κ3) is 4.71. The topological polar surface area (TPSA) is 80.6 Å². The van der Waals surface area contributed by atoms with Gasteiger partial charge in [0.05, 0.1) is 13.4 Å². The van der Waals surface area contributed by atoms with Crippen molar-refractivity contribution in [3.63, 3.8) is 0 Å². The Balaban J connectivity index is 1.69. The number of allylic oxidation sites excluding steroid dienone is 1. The Bertz CT molecular complexity index is 1400. The molecule has 6 nitrogen and oxygen atoms in total. The van der Waals surface area contributed by atoms with Gasteiger partial charge in [0.15, 0.2) is 0 Å². The number of nitrogens with one attached hydrogen (secondary N) is 2. The summed E-state index contributed by atoms with van der Waals surface area (Å²) in [7, 11) is 1.61. The number of fused-ring (bicyclic) bond motifs is 1. The number of hydrogen-bond donors (Lipinski definition) is 2. The first-order valence-corrected chi connectivity index (χ1v) is 10.9. The molecule has 0 aliphatic carbocycles. The molecule has 34 heavy (non-hydrogen) atoms. The van der Waals surface area contributed by atoms with Gasteiger partial charge in [0.25, 0.3) is 0 Å². The van der Waals surface area contributed by atoms with Crippen molar-refractivity contribution in [3.8, 4) is 16.9 Å². The molecule has 0 aliphatic heterocycles. The number of methoxy groups -OCH3 is 1. The van der Waals surface area contributed by atoms with E-state index in [4.69, 9.17) is 9.15 Å². The summed E-state index contributed by atoms with van der Waals surface area (Å²) in [5.41, 5.74) is 6.41. The van der Waals surface area contributed by atoms with Crippen LogP contribution in [0, 0.1) is 6.92 Å². The zero-order valence-electron chi connectivity index (χ0n) is 19.6. The summed E-state index contributed by atoms with van der Waals surface area (Å²) in [6.45, 7) is 5.26. The number of benzene rings is 3. The standard InChI is InChI=1S/C28H26N2O4/c1-17(13-26(32)30-22-12-8-11-21(14-22)29-19(3)31)23-15-24-25(20-9-6-5-7-10-20)16-34-28(24)18(2)27(23)33-4/h5-16H,1-4H3,(H,29,31)(H,30,32)/b17-13+. The molecule has 0 unspecified atom stereocenters. The number of amides is 2. The minimum absolute atomic E-state index is 0.175. The maximum absolute atomic E-state index is 12.8. The summed E-state index contributed by atoms with van der Waals surface area (Å²) in [6.07, 6.45) is 3.29. The highest BCUT2D eigenvalue weighted by Crippen LogP contribution is 2.40. The van der Waals surface area contributed by atoms with Crippen molar-refractivity contribution in [1.29, 1.82) is 0 Å². The summed E-state index contributed by atoms with van der Waals surface area (Å²) in [5.74, 6) is 0.203.